The van der Waals surface area contributed by atoms with Gasteiger partial charge in [0.25, 0.3) is 5.56 Å². The molecule has 2 fully saturated rings. The van der Waals surface area contributed by atoms with E-state index < -0.39 is 0 Å². The smallest absolute Gasteiger partial charge is 0.254 e. The van der Waals surface area contributed by atoms with Crippen LogP contribution in [0.25, 0.3) is 0 Å². The van der Waals surface area contributed by atoms with Gasteiger partial charge in [0.1, 0.15) is 11.6 Å². The van der Waals surface area contributed by atoms with Crippen LogP contribution in [0.5, 0.6) is 5.75 Å². The number of hydrogen-bond acceptors (Lipinski definition) is 4. The Balaban J connectivity index is 1.31. The summed E-state index contributed by atoms with van der Waals surface area (Å²) in [4.78, 5) is 22.6. The first-order valence-electron chi connectivity index (χ1n) is 10.8. The monoisotopic (exact) mass is 379 g/mol. The summed E-state index contributed by atoms with van der Waals surface area (Å²) in [6, 6.07) is 9.57. The lowest BCUT2D eigenvalue weighted by Gasteiger charge is -2.28. The Kier molecular flexibility index (Phi) is 4.71. The van der Waals surface area contributed by atoms with Crippen molar-refractivity contribution in [3.63, 3.8) is 0 Å². The molecule has 1 aliphatic carbocycles. The van der Waals surface area contributed by atoms with Crippen LogP contribution < -0.4 is 10.3 Å². The molecule has 28 heavy (non-hydrogen) atoms. The lowest BCUT2D eigenvalue weighted by atomic mass is 9.98. The minimum Gasteiger partial charge on any atom is -0.490 e. The predicted octanol–water partition coefficient (Wildman–Crippen LogP) is 3.53. The van der Waals surface area contributed by atoms with Gasteiger partial charge in [0.05, 0.1) is 11.8 Å². The summed E-state index contributed by atoms with van der Waals surface area (Å²) in [5.74, 6) is 1.72. The molecule has 5 nitrogen and oxygen atoms in total. The van der Waals surface area contributed by atoms with E-state index in [1.807, 2.05) is 6.92 Å². The van der Waals surface area contributed by atoms with Crippen LogP contribution in [-0.4, -0.2) is 33.1 Å². The maximum absolute atomic E-state index is 12.4. The fourth-order valence-electron chi connectivity index (χ4n) is 5.30. The van der Waals surface area contributed by atoms with E-state index in [4.69, 9.17) is 4.74 Å². The molecule has 148 valence electrons. The number of aryl methyl sites for hydroxylation is 1. The zero-order valence-corrected chi connectivity index (χ0v) is 16.6. The van der Waals surface area contributed by atoms with Crippen LogP contribution in [0.2, 0.25) is 0 Å². The molecule has 5 rings (SSSR count). The van der Waals surface area contributed by atoms with Gasteiger partial charge in [-0.05, 0) is 69.6 Å². The van der Waals surface area contributed by atoms with E-state index in [1.54, 1.807) is 0 Å². The summed E-state index contributed by atoms with van der Waals surface area (Å²) in [5.41, 5.74) is 3.30. The molecule has 1 aromatic carbocycles. The van der Waals surface area contributed by atoms with Crippen molar-refractivity contribution in [1.82, 2.24) is 14.9 Å². The number of aromatic nitrogens is 2. The number of ether oxygens (including phenoxy) is 1. The second-order valence-electron chi connectivity index (χ2n) is 8.71. The first-order valence-corrected chi connectivity index (χ1v) is 10.8. The van der Waals surface area contributed by atoms with Crippen molar-refractivity contribution in [3.05, 3.63) is 57.3 Å². The largest absolute Gasteiger partial charge is 0.490 e. The van der Waals surface area contributed by atoms with Crippen molar-refractivity contribution in [1.29, 1.82) is 0 Å². The third-order valence-electron chi connectivity index (χ3n) is 6.75. The first kappa shape index (κ1) is 17.9. The second-order valence-corrected chi connectivity index (χ2v) is 8.71. The van der Waals surface area contributed by atoms with E-state index in [2.05, 4.69) is 39.1 Å². The highest BCUT2D eigenvalue weighted by molar-refractivity contribution is 5.29. The summed E-state index contributed by atoms with van der Waals surface area (Å²) in [6.45, 7) is 2.81. The molecule has 1 aromatic heterocycles. The van der Waals surface area contributed by atoms with Gasteiger partial charge in [-0.1, -0.05) is 12.1 Å². The SMILES string of the molecule is Cc1nc2c(c(=O)[nH]1)CC1CCC(C2)N1Cc1ccc(OC2CCCC2)cc1. The third-order valence-corrected chi connectivity index (χ3v) is 6.75. The summed E-state index contributed by atoms with van der Waals surface area (Å²) in [6.07, 6.45) is 9.43. The van der Waals surface area contributed by atoms with E-state index >= 15 is 0 Å². The number of benzene rings is 1. The molecule has 2 aliphatic heterocycles. The predicted molar refractivity (Wildman–Crippen MR) is 109 cm³/mol. The molecular formula is C23H29N3O2. The van der Waals surface area contributed by atoms with Crippen molar-refractivity contribution in [2.75, 3.05) is 0 Å². The fraction of sp³-hybridized carbons (Fsp3) is 0.565. The van der Waals surface area contributed by atoms with Crippen LogP contribution in [0, 0.1) is 6.92 Å². The summed E-state index contributed by atoms with van der Waals surface area (Å²) < 4.78 is 6.10. The summed E-state index contributed by atoms with van der Waals surface area (Å²) >= 11 is 0. The van der Waals surface area contributed by atoms with E-state index in [1.165, 1.54) is 44.1 Å². The minimum absolute atomic E-state index is 0.0587. The van der Waals surface area contributed by atoms with Crippen LogP contribution in [-0.2, 0) is 19.4 Å². The van der Waals surface area contributed by atoms with Crippen LogP contribution in [0.1, 0.15) is 61.2 Å². The number of nitrogens with zero attached hydrogens (tertiary/aromatic N) is 2. The fourth-order valence-corrected chi connectivity index (χ4v) is 5.30. The lowest BCUT2D eigenvalue weighted by molar-refractivity contribution is 0.187. The van der Waals surface area contributed by atoms with Crippen molar-refractivity contribution in [2.45, 2.75) is 83.0 Å². The Labute approximate surface area is 166 Å². The molecule has 0 amide bonds. The molecule has 1 saturated carbocycles. The highest BCUT2D eigenvalue weighted by Gasteiger charge is 2.38. The van der Waals surface area contributed by atoms with Gasteiger partial charge >= 0.3 is 0 Å². The van der Waals surface area contributed by atoms with E-state index in [-0.39, 0.29) is 5.56 Å². The molecule has 0 spiro atoms. The van der Waals surface area contributed by atoms with Crippen molar-refractivity contribution >= 4 is 0 Å². The summed E-state index contributed by atoms with van der Waals surface area (Å²) in [7, 11) is 0. The zero-order valence-electron chi connectivity index (χ0n) is 16.6. The van der Waals surface area contributed by atoms with E-state index in [0.717, 1.165) is 42.2 Å². The number of fused-ring (bicyclic) bond motifs is 3. The molecule has 3 heterocycles. The molecule has 1 saturated heterocycles. The Hall–Kier alpha value is -2.14. The molecule has 2 aromatic rings. The Morgan fingerprint density at radius 3 is 2.54 bits per heavy atom. The van der Waals surface area contributed by atoms with Crippen molar-refractivity contribution < 1.29 is 4.74 Å². The maximum Gasteiger partial charge on any atom is 0.254 e. The average molecular weight is 380 g/mol. The third kappa shape index (κ3) is 3.48. The number of H-pyrrole nitrogens is 1. The van der Waals surface area contributed by atoms with Gasteiger partial charge in [0, 0.05) is 30.6 Å². The molecule has 3 aliphatic rings. The zero-order chi connectivity index (χ0) is 19.1. The van der Waals surface area contributed by atoms with Gasteiger partial charge in [-0.15, -0.1) is 0 Å². The van der Waals surface area contributed by atoms with Gasteiger partial charge in [-0.3, -0.25) is 9.69 Å². The van der Waals surface area contributed by atoms with Gasteiger partial charge in [0.15, 0.2) is 0 Å². The normalized spacial score (nSPS) is 24.9. The number of hydrogen-bond donors (Lipinski definition) is 1. The molecule has 0 radical (unpaired) electrons. The topological polar surface area (TPSA) is 58.2 Å². The Bertz CT molecular complexity index is 899. The highest BCUT2D eigenvalue weighted by Crippen LogP contribution is 2.34. The summed E-state index contributed by atoms with van der Waals surface area (Å²) in [5, 5.41) is 0. The number of nitrogens with one attached hydrogen (secondary N) is 1. The van der Waals surface area contributed by atoms with Crippen LogP contribution >= 0.6 is 0 Å². The quantitative estimate of drug-likeness (QED) is 0.883. The first-order chi connectivity index (χ1) is 13.7. The number of rotatable bonds is 4. The van der Waals surface area contributed by atoms with Gasteiger partial charge in [0.2, 0.25) is 0 Å². The minimum atomic E-state index is 0.0587. The van der Waals surface area contributed by atoms with Crippen molar-refractivity contribution in [2.24, 2.45) is 0 Å². The van der Waals surface area contributed by atoms with E-state index in [0.29, 0.717) is 18.2 Å². The maximum atomic E-state index is 12.4. The van der Waals surface area contributed by atoms with Gasteiger partial charge in [-0.25, -0.2) is 4.98 Å². The van der Waals surface area contributed by atoms with E-state index in [9.17, 15) is 4.79 Å². The lowest BCUT2D eigenvalue weighted by Crippen LogP contribution is -2.36. The van der Waals surface area contributed by atoms with Crippen LogP contribution in [0.15, 0.2) is 29.1 Å². The molecule has 5 heteroatoms. The van der Waals surface area contributed by atoms with Crippen LogP contribution in [0.4, 0.5) is 0 Å². The second kappa shape index (κ2) is 7.36. The standard InChI is InChI=1S/C23H29N3O2/c1-15-24-22-13-18-9-8-17(12-21(22)23(27)25-15)26(18)14-16-6-10-20(11-7-16)28-19-4-2-3-5-19/h6-7,10-11,17-19H,2-5,8-9,12-14H2,1H3,(H,24,25,27). The van der Waals surface area contributed by atoms with Crippen LogP contribution in [0.3, 0.4) is 0 Å². The molecule has 2 atom stereocenters. The molecule has 2 unspecified atom stereocenters. The Morgan fingerprint density at radius 1 is 1.07 bits per heavy atom. The van der Waals surface area contributed by atoms with Gasteiger partial charge in [-0.2, -0.15) is 0 Å². The van der Waals surface area contributed by atoms with Crippen molar-refractivity contribution in [3.8, 4) is 5.75 Å². The van der Waals surface area contributed by atoms with Gasteiger partial charge < -0.3 is 9.72 Å². The highest BCUT2D eigenvalue weighted by atomic mass is 16.5. The average Bonchev–Trinajstić information content (AvgIpc) is 3.26. The Morgan fingerprint density at radius 2 is 1.79 bits per heavy atom. The molecular weight excluding hydrogens is 350 g/mol. The molecule has 1 N–H and O–H groups in total. The molecule has 2 bridgehead atoms. The number of aromatic amines is 1.